The lowest BCUT2D eigenvalue weighted by Gasteiger charge is -2.24. The Hall–Kier alpha value is -1.81. The van der Waals surface area contributed by atoms with E-state index in [1.807, 2.05) is 63.3 Å². The van der Waals surface area contributed by atoms with E-state index in [1.165, 1.54) is 0 Å². The third kappa shape index (κ3) is 4.60. The van der Waals surface area contributed by atoms with Gasteiger partial charge in [0.2, 0.25) is 0 Å². The van der Waals surface area contributed by atoms with Crippen LogP contribution in [0, 0.1) is 5.92 Å². The van der Waals surface area contributed by atoms with E-state index in [4.69, 9.17) is 4.74 Å². The van der Waals surface area contributed by atoms with Crippen molar-refractivity contribution in [2.45, 2.75) is 32.5 Å². The van der Waals surface area contributed by atoms with Crippen molar-refractivity contribution in [2.24, 2.45) is 5.92 Å². The first-order chi connectivity index (χ1) is 9.85. The fourth-order valence-corrected chi connectivity index (χ4v) is 2.28. The van der Waals surface area contributed by atoms with Crippen molar-refractivity contribution in [1.82, 2.24) is 4.90 Å². The Balaban J connectivity index is 1.95. The Bertz CT molecular complexity index is 505. The van der Waals surface area contributed by atoms with Gasteiger partial charge in [0.15, 0.2) is 0 Å². The Morgan fingerprint density at radius 3 is 2.57 bits per heavy atom. The quantitative estimate of drug-likeness (QED) is 0.910. The van der Waals surface area contributed by atoms with Crippen LogP contribution in [0.15, 0.2) is 36.4 Å². The summed E-state index contributed by atoms with van der Waals surface area (Å²) >= 11 is 0. The first-order valence-electron chi connectivity index (χ1n) is 7.24. The Morgan fingerprint density at radius 2 is 1.95 bits per heavy atom. The summed E-state index contributed by atoms with van der Waals surface area (Å²) in [6.45, 7) is 6.32. The van der Waals surface area contributed by atoms with Crippen molar-refractivity contribution in [3.05, 3.63) is 42.0 Å². The van der Waals surface area contributed by atoms with E-state index in [-0.39, 0.29) is 12.0 Å². The number of carbonyl (C=O) groups is 1. The van der Waals surface area contributed by atoms with Crippen LogP contribution in [0.4, 0.5) is 4.79 Å². The molecule has 4 heteroatoms. The van der Waals surface area contributed by atoms with E-state index in [1.54, 1.807) is 4.90 Å². The van der Waals surface area contributed by atoms with E-state index in [0.29, 0.717) is 13.1 Å². The van der Waals surface area contributed by atoms with Crippen molar-refractivity contribution >= 4 is 12.2 Å². The first kappa shape index (κ1) is 15.6. The lowest BCUT2D eigenvalue weighted by atomic mass is 10.0. The molecule has 2 atom stereocenters. The molecule has 1 fully saturated rings. The molecule has 1 heterocycles. The molecule has 1 saturated heterocycles. The Morgan fingerprint density at radius 1 is 1.29 bits per heavy atom. The number of benzene rings is 1. The van der Waals surface area contributed by atoms with Gasteiger partial charge in [0, 0.05) is 12.5 Å². The van der Waals surface area contributed by atoms with Crippen molar-refractivity contribution in [1.29, 1.82) is 0 Å². The van der Waals surface area contributed by atoms with Gasteiger partial charge in [-0.2, -0.15) is 0 Å². The van der Waals surface area contributed by atoms with Crippen LogP contribution in [0.1, 0.15) is 26.3 Å². The minimum absolute atomic E-state index is 0.0577. The van der Waals surface area contributed by atoms with Crippen LogP contribution in [0.3, 0.4) is 0 Å². The fourth-order valence-electron chi connectivity index (χ4n) is 2.28. The highest BCUT2D eigenvalue weighted by atomic mass is 16.6. The minimum Gasteiger partial charge on any atom is -0.444 e. The van der Waals surface area contributed by atoms with Gasteiger partial charge in [-0.05, 0) is 26.3 Å². The smallest absolute Gasteiger partial charge is 0.410 e. The topological polar surface area (TPSA) is 49.8 Å². The van der Waals surface area contributed by atoms with Gasteiger partial charge in [0.1, 0.15) is 5.60 Å². The van der Waals surface area contributed by atoms with Gasteiger partial charge in [0.25, 0.3) is 0 Å². The molecule has 0 aliphatic carbocycles. The van der Waals surface area contributed by atoms with Gasteiger partial charge < -0.3 is 14.7 Å². The number of likely N-dealkylation sites (tertiary alicyclic amines) is 1. The monoisotopic (exact) mass is 289 g/mol. The number of nitrogens with zero attached hydrogens (tertiary/aromatic N) is 1. The minimum atomic E-state index is -0.544. The van der Waals surface area contributed by atoms with E-state index < -0.39 is 11.7 Å². The predicted octanol–water partition coefficient (Wildman–Crippen LogP) is 2.93. The van der Waals surface area contributed by atoms with Crippen LogP contribution >= 0.6 is 0 Å². The second-order valence-corrected chi connectivity index (χ2v) is 6.39. The molecule has 1 aromatic carbocycles. The highest BCUT2D eigenvalue weighted by molar-refractivity contribution is 5.68. The number of aliphatic hydroxyl groups is 1. The van der Waals surface area contributed by atoms with Gasteiger partial charge >= 0.3 is 6.09 Å². The van der Waals surface area contributed by atoms with Crippen molar-refractivity contribution < 1.29 is 14.6 Å². The van der Waals surface area contributed by atoms with E-state index in [0.717, 1.165) is 5.56 Å². The largest absolute Gasteiger partial charge is 0.444 e. The number of amides is 1. The van der Waals surface area contributed by atoms with Gasteiger partial charge in [0.05, 0.1) is 12.6 Å². The molecule has 0 spiro atoms. The molecular weight excluding hydrogens is 266 g/mol. The first-order valence-corrected chi connectivity index (χ1v) is 7.24. The second kappa shape index (κ2) is 6.31. The maximum atomic E-state index is 12.0. The zero-order valence-corrected chi connectivity index (χ0v) is 12.8. The van der Waals surface area contributed by atoms with Gasteiger partial charge in [-0.25, -0.2) is 4.79 Å². The molecule has 1 N–H and O–H groups in total. The van der Waals surface area contributed by atoms with Gasteiger partial charge in [-0.3, -0.25) is 0 Å². The summed E-state index contributed by atoms with van der Waals surface area (Å²) in [5.74, 6) is -0.0577. The van der Waals surface area contributed by atoms with Gasteiger partial charge in [-0.15, -0.1) is 0 Å². The zero-order chi connectivity index (χ0) is 15.5. The number of β-amino-alcohol motifs (C(OH)–C–C–N with tert-alkyl or cyclic N) is 1. The Kier molecular flexibility index (Phi) is 4.68. The molecule has 0 radical (unpaired) electrons. The number of aliphatic hydroxyl groups excluding tert-OH is 1. The van der Waals surface area contributed by atoms with E-state index in [9.17, 15) is 9.90 Å². The molecular formula is C17H23NO3. The summed E-state index contributed by atoms with van der Waals surface area (Å²) in [5.41, 5.74) is 0.570. The lowest BCUT2D eigenvalue weighted by molar-refractivity contribution is 0.0270. The standard InChI is InChI=1S/C17H23NO3/c1-17(2,3)21-16(20)18-11-14(15(19)12-18)10-9-13-7-5-4-6-8-13/h4-10,14-15,19H,11-12H2,1-3H3/t14-,15+/m1/s1. The summed E-state index contributed by atoms with van der Waals surface area (Å²) in [6.07, 6.45) is 3.03. The average Bonchev–Trinajstić information content (AvgIpc) is 2.77. The van der Waals surface area contributed by atoms with Crippen LogP contribution in [0.25, 0.3) is 6.08 Å². The van der Waals surface area contributed by atoms with Crippen LogP contribution in [-0.2, 0) is 4.74 Å². The molecule has 21 heavy (non-hydrogen) atoms. The number of rotatable bonds is 2. The summed E-state index contributed by atoms with van der Waals surface area (Å²) in [5, 5.41) is 10.1. The Labute approximate surface area is 126 Å². The van der Waals surface area contributed by atoms with Crippen LogP contribution < -0.4 is 0 Å². The molecule has 114 valence electrons. The fraction of sp³-hybridized carbons (Fsp3) is 0.471. The zero-order valence-electron chi connectivity index (χ0n) is 12.8. The number of ether oxygens (including phenoxy) is 1. The van der Waals surface area contributed by atoms with Crippen molar-refractivity contribution in [2.75, 3.05) is 13.1 Å². The van der Waals surface area contributed by atoms with Crippen LogP contribution in [-0.4, -0.2) is 40.9 Å². The maximum absolute atomic E-state index is 12.0. The van der Waals surface area contributed by atoms with Gasteiger partial charge in [-0.1, -0.05) is 42.5 Å². The summed E-state index contributed by atoms with van der Waals surface area (Å²) in [4.78, 5) is 13.6. The molecule has 2 rings (SSSR count). The summed E-state index contributed by atoms with van der Waals surface area (Å²) in [6, 6.07) is 9.91. The molecule has 1 aromatic rings. The number of hydrogen-bond acceptors (Lipinski definition) is 3. The normalized spacial score (nSPS) is 22.8. The molecule has 0 saturated carbocycles. The van der Waals surface area contributed by atoms with Crippen LogP contribution in [0.5, 0.6) is 0 Å². The number of hydrogen-bond donors (Lipinski definition) is 1. The summed E-state index contributed by atoms with van der Waals surface area (Å²) < 4.78 is 5.33. The molecule has 0 unspecified atom stereocenters. The highest BCUT2D eigenvalue weighted by Crippen LogP contribution is 2.22. The van der Waals surface area contributed by atoms with E-state index in [2.05, 4.69) is 0 Å². The molecule has 4 nitrogen and oxygen atoms in total. The molecule has 0 aromatic heterocycles. The highest BCUT2D eigenvalue weighted by Gasteiger charge is 2.34. The molecule has 1 aliphatic heterocycles. The maximum Gasteiger partial charge on any atom is 0.410 e. The van der Waals surface area contributed by atoms with E-state index >= 15 is 0 Å². The molecule has 0 bridgehead atoms. The second-order valence-electron chi connectivity index (χ2n) is 6.39. The average molecular weight is 289 g/mol. The third-order valence-corrected chi connectivity index (χ3v) is 3.32. The predicted molar refractivity (Wildman–Crippen MR) is 82.8 cm³/mol. The summed E-state index contributed by atoms with van der Waals surface area (Å²) in [7, 11) is 0. The van der Waals surface area contributed by atoms with Crippen LogP contribution in [0.2, 0.25) is 0 Å². The third-order valence-electron chi connectivity index (χ3n) is 3.32. The van der Waals surface area contributed by atoms with Crippen molar-refractivity contribution in [3.63, 3.8) is 0 Å². The molecule has 1 amide bonds. The number of carbonyl (C=O) groups excluding carboxylic acids is 1. The molecule has 1 aliphatic rings. The van der Waals surface area contributed by atoms with Crippen molar-refractivity contribution in [3.8, 4) is 0 Å². The SMILES string of the molecule is CC(C)(C)OC(=O)N1C[C@@H](C=Cc2ccccc2)[C@@H](O)C1. The lowest BCUT2D eigenvalue weighted by Crippen LogP contribution is -2.35.